The number of hydrogen-bond donors (Lipinski definition) is 1. The summed E-state index contributed by atoms with van der Waals surface area (Å²) in [5.74, 6) is 1.67. The summed E-state index contributed by atoms with van der Waals surface area (Å²) in [5.41, 5.74) is 2.20. The van der Waals surface area contributed by atoms with Gasteiger partial charge in [-0.15, -0.1) is 0 Å². The van der Waals surface area contributed by atoms with Gasteiger partial charge in [-0.25, -0.2) is 0 Å². The molecule has 0 aromatic heterocycles. The highest BCUT2D eigenvalue weighted by Gasteiger charge is 2.24. The Morgan fingerprint density at radius 2 is 1.65 bits per heavy atom. The average Bonchev–Trinajstić information content (AvgIpc) is 2.78. The summed E-state index contributed by atoms with van der Waals surface area (Å²) in [6.45, 7) is 4.87. The summed E-state index contributed by atoms with van der Waals surface area (Å²) in [7, 11) is 4.81. The van der Waals surface area contributed by atoms with E-state index >= 15 is 0 Å². The Hall–Kier alpha value is -3.26. The second kappa shape index (κ2) is 10.2. The Morgan fingerprint density at radius 1 is 0.935 bits per heavy atom. The standard InChI is InChI=1S/C23H29N3O5/c1-16(27)24-19-7-5-6-17(14-19)23(28)26-12-10-25(11-13-26)15-18-8-9-20(29-2)22(31-4)21(18)30-3/h5-9,14H,10-13,15H2,1-4H3,(H,24,27). The molecule has 3 rings (SSSR count). The predicted octanol–water partition coefficient (Wildman–Crippen LogP) is 2.63. The number of methoxy groups -OCH3 is 3. The van der Waals surface area contributed by atoms with Gasteiger partial charge in [0.05, 0.1) is 21.3 Å². The highest BCUT2D eigenvalue weighted by atomic mass is 16.5. The highest BCUT2D eigenvalue weighted by Crippen LogP contribution is 2.40. The Kier molecular flexibility index (Phi) is 7.36. The third-order valence-corrected chi connectivity index (χ3v) is 5.27. The molecule has 0 atom stereocenters. The lowest BCUT2D eigenvalue weighted by molar-refractivity contribution is -0.114. The maximum Gasteiger partial charge on any atom is 0.254 e. The lowest BCUT2D eigenvalue weighted by Gasteiger charge is -2.35. The van der Waals surface area contributed by atoms with Crippen LogP contribution in [0, 0.1) is 0 Å². The number of anilines is 1. The third kappa shape index (κ3) is 5.27. The summed E-state index contributed by atoms with van der Waals surface area (Å²) in [4.78, 5) is 28.3. The van der Waals surface area contributed by atoms with E-state index in [1.54, 1.807) is 45.6 Å². The molecule has 1 saturated heterocycles. The average molecular weight is 428 g/mol. The number of carbonyl (C=O) groups is 2. The number of nitrogens with zero attached hydrogens (tertiary/aromatic N) is 2. The first-order valence-electron chi connectivity index (χ1n) is 10.1. The van der Waals surface area contributed by atoms with Gasteiger partial charge in [-0.3, -0.25) is 14.5 Å². The normalized spacial score (nSPS) is 14.1. The molecule has 2 amide bonds. The van der Waals surface area contributed by atoms with Crippen molar-refractivity contribution in [2.45, 2.75) is 13.5 Å². The molecule has 0 radical (unpaired) electrons. The van der Waals surface area contributed by atoms with E-state index < -0.39 is 0 Å². The summed E-state index contributed by atoms with van der Waals surface area (Å²) in [6, 6.07) is 10.9. The fourth-order valence-corrected chi connectivity index (χ4v) is 3.75. The van der Waals surface area contributed by atoms with Crippen LogP contribution >= 0.6 is 0 Å². The first-order chi connectivity index (χ1) is 15.0. The number of ether oxygens (including phenoxy) is 3. The second-order valence-electron chi connectivity index (χ2n) is 7.32. The number of amides is 2. The van der Waals surface area contributed by atoms with E-state index in [1.807, 2.05) is 17.0 Å². The molecule has 8 heteroatoms. The molecule has 0 spiro atoms. The fourth-order valence-electron chi connectivity index (χ4n) is 3.75. The van der Waals surface area contributed by atoms with Crippen molar-refractivity contribution in [2.24, 2.45) is 0 Å². The first kappa shape index (κ1) is 22.4. The maximum atomic E-state index is 12.9. The van der Waals surface area contributed by atoms with Crippen LogP contribution in [0.1, 0.15) is 22.8 Å². The van der Waals surface area contributed by atoms with Crippen LogP contribution in [0.5, 0.6) is 17.2 Å². The van der Waals surface area contributed by atoms with E-state index in [9.17, 15) is 9.59 Å². The van der Waals surface area contributed by atoms with Gasteiger partial charge in [-0.1, -0.05) is 12.1 Å². The molecule has 1 heterocycles. The number of rotatable bonds is 7. The van der Waals surface area contributed by atoms with Crippen molar-refractivity contribution in [1.29, 1.82) is 0 Å². The highest BCUT2D eigenvalue weighted by molar-refractivity contribution is 5.96. The number of piperazine rings is 1. The van der Waals surface area contributed by atoms with Crippen molar-refractivity contribution in [3.63, 3.8) is 0 Å². The van der Waals surface area contributed by atoms with E-state index in [2.05, 4.69) is 10.2 Å². The van der Waals surface area contributed by atoms with Gasteiger partial charge in [0.1, 0.15) is 0 Å². The van der Waals surface area contributed by atoms with E-state index in [4.69, 9.17) is 14.2 Å². The van der Waals surface area contributed by atoms with Gasteiger partial charge in [-0.2, -0.15) is 0 Å². The minimum absolute atomic E-state index is 0.0319. The van der Waals surface area contributed by atoms with Crippen molar-refractivity contribution in [1.82, 2.24) is 9.80 Å². The van der Waals surface area contributed by atoms with E-state index in [0.717, 1.165) is 18.7 Å². The molecule has 0 unspecified atom stereocenters. The van der Waals surface area contributed by atoms with Crippen molar-refractivity contribution >= 4 is 17.5 Å². The third-order valence-electron chi connectivity index (χ3n) is 5.27. The van der Waals surface area contributed by atoms with Crippen LogP contribution in [0.4, 0.5) is 5.69 Å². The number of nitrogens with one attached hydrogen (secondary N) is 1. The minimum atomic E-state index is -0.163. The van der Waals surface area contributed by atoms with Crippen LogP contribution in [0.15, 0.2) is 36.4 Å². The summed E-state index contributed by atoms with van der Waals surface area (Å²) in [6.07, 6.45) is 0. The summed E-state index contributed by atoms with van der Waals surface area (Å²) < 4.78 is 16.4. The minimum Gasteiger partial charge on any atom is -0.493 e. The topological polar surface area (TPSA) is 80.3 Å². The molecule has 1 fully saturated rings. The lowest BCUT2D eigenvalue weighted by atomic mass is 10.1. The SMILES string of the molecule is COc1ccc(CN2CCN(C(=O)c3cccc(NC(C)=O)c3)CC2)c(OC)c1OC. The zero-order valence-corrected chi connectivity index (χ0v) is 18.4. The van der Waals surface area contributed by atoms with Gasteiger partial charge in [0, 0.05) is 56.5 Å². The molecular weight excluding hydrogens is 398 g/mol. The van der Waals surface area contributed by atoms with Crippen LogP contribution in [0.3, 0.4) is 0 Å². The Balaban J connectivity index is 1.64. The molecule has 0 bridgehead atoms. The Bertz CT molecular complexity index is 939. The molecule has 166 valence electrons. The molecule has 1 aliphatic heterocycles. The molecule has 1 aliphatic rings. The van der Waals surface area contributed by atoms with Crippen LogP contribution in [-0.4, -0.2) is 69.1 Å². The zero-order valence-electron chi connectivity index (χ0n) is 18.4. The van der Waals surface area contributed by atoms with Crippen molar-refractivity contribution in [2.75, 3.05) is 52.8 Å². The summed E-state index contributed by atoms with van der Waals surface area (Å²) in [5, 5.41) is 2.72. The van der Waals surface area contributed by atoms with Crippen LogP contribution in [0.25, 0.3) is 0 Å². The van der Waals surface area contributed by atoms with E-state index in [0.29, 0.717) is 48.1 Å². The zero-order chi connectivity index (χ0) is 22.4. The second-order valence-corrected chi connectivity index (χ2v) is 7.32. The molecule has 2 aromatic carbocycles. The van der Waals surface area contributed by atoms with Gasteiger partial charge in [0.15, 0.2) is 11.5 Å². The van der Waals surface area contributed by atoms with Gasteiger partial charge < -0.3 is 24.4 Å². The quantitative estimate of drug-likeness (QED) is 0.732. The molecule has 8 nitrogen and oxygen atoms in total. The first-order valence-corrected chi connectivity index (χ1v) is 10.1. The number of hydrogen-bond acceptors (Lipinski definition) is 6. The van der Waals surface area contributed by atoms with Crippen LogP contribution < -0.4 is 19.5 Å². The van der Waals surface area contributed by atoms with Gasteiger partial charge >= 0.3 is 0 Å². The molecule has 1 N–H and O–H groups in total. The lowest BCUT2D eigenvalue weighted by Crippen LogP contribution is -2.48. The van der Waals surface area contributed by atoms with E-state index in [1.165, 1.54) is 6.92 Å². The van der Waals surface area contributed by atoms with Crippen molar-refractivity contribution in [3.05, 3.63) is 47.5 Å². The predicted molar refractivity (Wildman–Crippen MR) is 118 cm³/mol. The maximum absolute atomic E-state index is 12.9. The molecule has 31 heavy (non-hydrogen) atoms. The number of carbonyl (C=O) groups excluding carboxylic acids is 2. The van der Waals surface area contributed by atoms with Crippen LogP contribution in [-0.2, 0) is 11.3 Å². The van der Waals surface area contributed by atoms with Gasteiger partial charge in [0.2, 0.25) is 11.7 Å². The largest absolute Gasteiger partial charge is 0.493 e. The Labute approximate surface area is 182 Å². The fraction of sp³-hybridized carbons (Fsp3) is 0.391. The number of benzene rings is 2. The monoisotopic (exact) mass is 427 g/mol. The Morgan fingerprint density at radius 3 is 2.26 bits per heavy atom. The van der Waals surface area contributed by atoms with Crippen molar-refractivity contribution < 1.29 is 23.8 Å². The molecule has 0 saturated carbocycles. The van der Waals surface area contributed by atoms with Crippen molar-refractivity contribution in [3.8, 4) is 17.2 Å². The smallest absolute Gasteiger partial charge is 0.254 e. The van der Waals surface area contributed by atoms with Gasteiger partial charge in [-0.05, 0) is 24.3 Å². The summed E-state index contributed by atoms with van der Waals surface area (Å²) >= 11 is 0. The van der Waals surface area contributed by atoms with Gasteiger partial charge in [0.25, 0.3) is 5.91 Å². The van der Waals surface area contributed by atoms with Crippen LogP contribution in [0.2, 0.25) is 0 Å². The molecule has 2 aromatic rings. The van der Waals surface area contributed by atoms with E-state index in [-0.39, 0.29) is 11.8 Å². The molecule has 0 aliphatic carbocycles. The molecular formula is C23H29N3O5.